The summed E-state index contributed by atoms with van der Waals surface area (Å²) in [7, 11) is 0. The number of carbonyl (C=O) groups excluding carboxylic acids is 3. The largest absolute Gasteiger partial charge is 0.465 e. The molecule has 2 aromatic rings. The minimum absolute atomic E-state index is 0.201. The second-order valence-electron chi connectivity index (χ2n) is 8.25. The quantitative estimate of drug-likeness (QED) is 0.624. The molecular weight excluding hydrogens is 380 g/mol. The highest BCUT2D eigenvalue weighted by Gasteiger charge is 2.67. The Morgan fingerprint density at radius 3 is 2.37 bits per heavy atom. The number of esters is 1. The van der Waals surface area contributed by atoms with Crippen molar-refractivity contribution in [2.45, 2.75) is 39.3 Å². The van der Waals surface area contributed by atoms with Crippen LogP contribution in [-0.4, -0.2) is 29.9 Å². The van der Waals surface area contributed by atoms with E-state index in [1.165, 1.54) is 4.90 Å². The molecule has 0 aromatic heterocycles. The normalized spacial score (nSPS) is 28.0. The van der Waals surface area contributed by atoms with Crippen molar-refractivity contribution in [2.75, 3.05) is 11.5 Å². The first-order valence-electron chi connectivity index (χ1n) is 10.2. The molecule has 156 valence electrons. The molecule has 1 N–H and O–H groups in total. The Morgan fingerprint density at radius 2 is 1.73 bits per heavy atom. The number of carbonyl (C=O) groups is 3. The summed E-state index contributed by atoms with van der Waals surface area (Å²) in [6.07, 6.45) is 0. The SMILES string of the molecule is CCOC(=O)[C@]1(C)N[C@H](c2ccccc2C)[C@H]2C(=O)N(c3ccc(C)cc3)C(=O)[C@H]21. The molecule has 6 heteroatoms. The Hall–Kier alpha value is -2.99. The van der Waals surface area contributed by atoms with Gasteiger partial charge in [0.15, 0.2) is 0 Å². The summed E-state index contributed by atoms with van der Waals surface area (Å²) in [5.74, 6) is -2.69. The zero-order valence-electron chi connectivity index (χ0n) is 17.6. The standard InChI is InChI=1S/C24H26N2O4/c1-5-30-23(29)24(4)19-18(20(25-24)17-9-7-6-8-15(17)3)21(27)26(22(19)28)16-12-10-14(2)11-13-16/h6-13,18-20,25H,5H2,1-4H3/t18-,19-,20+,24+/m0/s1. The summed E-state index contributed by atoms with van der Waals surface area (Å²) >= 11 is 0. The average Bonchev–Trinajstić information content (AvgIpc) is 3.17. The van der Waals surface area contributed by atoms with Crippen molar-refractivity contribution in [3.05, 3.63) is 65.2 Å². The highest BCUT2D eigenvalue weighted by molar-refractivity contribution is 6.24. The van der Waals surface area contributed by atoms with Crippen LogP contribution < -0.4 is 10.2 Å². The maximum Gasteiger partial charge on any atom is 0.326 e. The third-order valence-corrected chi connectivity index (χ3v) is 6.30. The van der Waals surface area contributed by atoms with Gasteiger partial charge < -0.3 is 4.74 Å². The summed E-state index contributed by atoms with van der Waals surface area (Å²) < 4.78 is 5.31. The van der Waals surface area contributed by atoms with E-state index in [1.807, 2.05) is 50.2 Å². The summed E-state index contributed by atoms with van der Waals surface area (Å²) in [4.78, 5) is 41.3. The molecule has 0 spiro atoms. The molecule has 4 atom stereocenters. The molecule has 30 heavy (non-hydrogen) atoms. The number of amides is 2. The van der Waals surface area contributed by atoms with Gasteiger partial charge in [0.05, 0.1) is 24.1 Å². The van der Waals surface area contributed by atoms with E-state index in [0.29, 0.717) is 5.69 Å². The predicted molar refractivity (Wildman–Crippen MR) is 113 cm³/mol. The van der Waals surface area contributed by atoms with Gasteiger partial charge in [-0.15, -0.1) is 0 Å². The molecule has 0 unspecified atom stereocenters. The number of nitrogens with one attached hydrogen (secondary N) is 1. The zero-order valence-corrected chi connectivity index (χ0v) is 17.6. The van der Waals surface area contributed by atoms with E-state index in [-0.39, 0.29) is 18.4 Å². The first-order valence-corrected chi connectivity index (χ1v) is 10.2. The smallest absolute Gasteiger partial charge is 0.326 e. The Kier molecular flexibility index (Phi) is 4.98. The Labute approximate surface area is 176 Å². The van der Waals surface area contributed by atoms with Crippen LogP contribution in [0.5, 0.6) is 0 Å². The summed E-state index contributed by atoms with van der Waals surface area (Å²) in [6, 6.07) is 14.5. The van der Waals surface area contributed by atoms with Gasteiger partial charge in [-0.3, -0.25) is 19.7 Å². The molecule has 2 aliphatic heterocycles. The number of imide groups is 1. The fourth-order valence-corrected chi connectivity index (χ4v) is 4.76. The molecule has 2 fully saturated rings. The maximum absolute atomic E-state index is 13.6. The fourth-order valence-electron chi connectivity index (χ4n) is 4.76. The number of hydrogen-bond acceptors (Lipinski definition) is 5. The molecule has 2 aliphatic rings. The minimum Gasteiger partial charge on any atom is -0.465 e. The Bertz CT molecular complexity index is 1020. The third-order valence-electron chi connectivity index (χ3n) is 6.30. The monoisotopic (exact) mass is 406 g/mol. The van der Waals surface area contributed by atoms with Crippen LogP contribution in [0, 0.1) is 25.7 Å². The highest BCUT2D eigenvalue weighted by Crippen LogP contribution is 2.50. The third kappa shape index (κ3) is 2.94. The lowest BCUT2D eigenvalue weighted by atomic mass is 9.80. The molecule has 0 saturated carbocycles. The molecule has 4 rings (SSSR count). The van der Waals surface area contributed by atoms with Gasteiger partial charge in [-0.1, -0.05) is 42.0 Å². The fraction of sp³-hybridized carbons (Fsp3) is 0.375. The lowest BCUT2D eigenvalue weighted by Gasteiger charge is -2.29. The molecule has 0 bridgehead atoms. The lowest BCUT2D eigenvalue weighted by Crippen LogP contribution is -2.54. The summed E-state index contributed by atoms with van der Waals surface area (Å²) in [5.41, 5.74) is 2.18. The number of aryl methyl sites for hydroxylation is 2. The van der Waals surface area contributed by atoms with Crippen LogP contribution in [0.4, 0.5) is 5.69 Å². The molecule has 2 heterocycles. The van der Waals surface area contributed by atoms with Gasteiger partial charge in [0.1, 0.15) is 5.54 Å². The van der Waals surface area contributed by atoms with Crippen molar-refractivity contribution < 1.29 is 19.1 Å². The molecule has 0 aliphatic carbocycles. The van der Waals surface area contributed by atoms with Crippen molar-refractivity contribution in [1.29, 1.82) is 0 Å². The van der Waals surface area contributed by atoms with Gasteiger partial charge in [0.2, 0.25) is 11.8 Å². The molecule has 6 nitrogen and oxygen atoms in total. The van der Waals surface area contributed by atoms with Crippen molar-refractivity contribution >= 4 is 23.5 Å². The lowest BCUT2D eigenvalue weighted by molar-refractivity contribution is -0.153. The molecule has 2 amide bonds. The molecule has 2 saturated heterocycles. The minimum atomic E-state index is -1.29. The van der Waals surface area contributed by atoms with Crippen LogP contribution in [0.15, 0.2) is 48.5 Å². The first kappa shape index (κ1) is 20.3. The highest BCUT2D eigenvalue weighted by atomic mass is 16.5. The topological polar surface area (TPSA) is 75.7 Å². The Morgan fingerprint density at radius 1 is 1.07 bits per heavy atom. The molecule has 2 aromatic carbocycles. The van der Waals surface area contributed by atoms with E-state index in [1.54, 1.807) is 26.0 Å². The van der Waals surface area contributed by atoms with E-state index in [9.17, 15) is 14.4 Å². The van der Waals surface area contributed by atoms with Crippen molar-refractivity contribution in [3.8, 4) is 0 Å². The maximum atomic E-state index is 13.6. The van der Waals surface area contributed by atoms with Crippen molar-refractivity contribution in [2.24, 2.45) is 11.8 Å². The number of rotatable bonds is 4. The van der Waals surface area contributed by atoms with Crippen LogP contribution in [0.2, 0.25) is 0 Å². The van der Waals surface area contributed by atoms with E-state index in [4.69, 9.17) is 4.74 Å². The van der Waals surface area contributed by atoms with Gasteiger partial charge in [0, 0.05) is 6.04 Å². The van der Waals surface area contributed by atoms with Gasteiger partial charge >= 0.3 is 5.97 Å². The van der Waals surface area contributed by atoms with E-state index < -0.39 is 29.4 Å². The van der Waals surface area contributed by atoms with E-state index in [2.05, 4.69) is 5.32 Å². The first-order chi connectivity index (χ1) is 14.3. The number of ether oxygens (including phenoxy) is 1. The Balaban J connectivity index is 1.83. The van der Waals surface area contributed by atoms with Crippen LogP contribution >= 0.6 is 0 Å². The van der Waals surface area contributed by atoms with Gasteiger partial charge in [-0.2, -0.15) is 0 Å². The molecular formula is C24H26N2O4. The van der Waals surface area contributed by atoms with Crippen LogP contribution in [0.3, 0.4) is 0 Å². The van der Waals surface area contributed by atoms with Crippen LogP contribution in [0.1, 0.15) is 36.6 Å². The van der Waals surface area contributed by atoms with E-state index >= 15 is 0 Å². The average molecular weight is 406 g/mol. The summed E-state index contributed by atoms with van der Waals surface area (Å²) in [5, 5.41) is 3.31. The number of anilines is 1. The number of benzene rings is 2. The van der Waals surface area contributed by atoms with Crippen LogP contribution in [0.25, 0.3) is 0 Å². The summed E-state index contributed by atoms with van der Waals surface area (Å²) in [6.45, 7) is 7.51. The van der Waals surface area contributed by atoms with Gasteiger partial charge in [-0.25, -0.2) is 4.90 Å². The van der Waals surface area contributed by atoms with Gasteiger partial charge in [0.25, 0.3) is 0 Å². The predicted octanol–water partition coefficient (Wildman–Crippen LogP) is 3.08. The number of nitrogens with zero attached hydrogens (tertiary/aromatic N) is 1. The second kappa shape index (κ2) is 7.36. The number of hydrogen-bond donors (Lipinski definition) is 1. The van der Waals surface area contributed by atoms with Crippen LogP contribution in [-0.2, 0) is 19.1 Å². The second-order valence-corrected chi connectivity index (χ2v) is 8.25. The van der Waals surface area contributed by atoms with Crippen molar-refractivity contribution in [1.82, 2.24) is 5.32 Å². The zero-order chi connectivity index (χ0) is 21.6. The number of fused-ring (bicyclic) bond motifs is 1. The van der Waals surface area contributed by atoms with Gasteiger partial charge in [-0.05, 0) is 51.0 Å². The van der Waals surface area contributed by atoms with E-state index in [0.717, 1.165) is 16.7 Å². The van der Waals surface area contributed by atoms with Crippen molar-refractivity contribution in [3.63, 3.8) is 0 Å². The molecule has 0 radical (unpaired) electrons.